The lowest BCUT2D eigenvalue weighted by Crippen LogP contribution is -2.18. The second kappa shape index (κ2) is 11.6. The molecule has 4 aromatic rings. The Bertz CT molecular complexity index is 1190. The Morgan fingerprint density at radius 2 is 2.00 bits per heavy atom. The number of halogens is 1. The summed E-state index contributed by atoms with van der Waals surface area (Å²) in [6, 6.07) is 14.8. The maximum Gasteiger partial charge on any atom is 0.252 e. The quantitative estimate of drug-likeness (QED) is 0.335. The van der Waals surface area contributed by atoms with Gasteiger partial charge in [-0.1, -0.05) is 41.9 Å². The molecule has 0 fully saturated rings. The third-order valence-electron chi connectivity index (χ3n) is 4.35. The van der Waals surface area contributed by atoms with Gasteiger partial charge in [-0.05, 0) is 30.2 Å². The molecule has 1 amide bonds. The molecule has 11 heteroatoms. The Labute approximate surface area is 194 Å². The summed E-state index contributed by atoms with van der Waals surface area (Å²) in [6.45, 7) is 0.240. The summed E-state index contributed by atoms with van der Waals surface area (Å²) in [7, 11) is 1.53. The number of carbonyl (C=O) groups excluding carboxylic acids is 1. The predicted molar refractivity (Wildman–Crippen MR) is 125 cm³/mol. The van der Waals surface area contributed by atoms with Crippen LogP contribution in [-0.2, 0) is 6.42 Å². The van der Waals surface area contributed by atoms with E-state index in [0.717, 1.165) is 6.42 Å². The van der Waals surface area contributed by atoms with Gasteiger partial charge in [0.15, 0.2) is 0 Å². The molecule has 0 radical (unpaired) electrons. The minimum absolute atomic E-state index is 0.185. The highest BCUT2D eigenvalue weighted by Crippen LogP contribution is 2.25. The van der Waals surface area contributed by atoms with E-state index < -0.39 is 0 Å². The first-order valence-electron chi connectivity index (χ1n) is 9.84. The van der Waals surface area contributed by atoms with Crippen molar-refractivity contribution in [3.8, 4) is 11.5 Å². The average Bonchev–Trinajstić information content (AvgIpc) is 3.35. The van der Waals surface area contributed by atoms with Crippen LogP contribution in [0.1, 0.15) is 15.9 Å². The van der Waals surface area contributed by atoms with E-state index in [0.29, 0.717) is 21.8 Å². The van der Waals surface area contributed by atoms with Gasteiger partial charge in [-0.2, -0.15) is 4.98 Å². The molecule has 0 aliphatic heterocycles. The van der Waals surface area contributed by atoms with Gasteiger partial charge in [0, 0.05) is 25.5 Å². The van der Waals surface area contributed by atoms with Gasteiger partial charge in [0.25, 0.3) is 11.8 Å². The Morgan fingerprint density at radius 3 is 2.61 bits per heavy atom. The summed E-state index contributed by atoms with van der Waals surface area (Å²) in [5, 5.41) is 21.6. The zero-order valence-corrected chi connectivity index (χ0v) is 18.5. The fourth-order valence-corrected chi connectivity index (χ4v) is 2.99. The highest BCUT2D eigenvalue weighted by atomic mass is 35.5. The third-order valence-corrected chi connectivity index (χ3v) is 4.66. The summed E-state index contributed by atoms with van der Waals surface area (Å²) in [5.41, 5.74) is 8.49. The van der Waals surface area contributed by atoms with Crippen LogP contribution in [-0.4, -0.2) is 44.8 Å². The number of nitrogen functional groups attached to an aromatic ring is 1. The molecule has 0 atom stereocenters. The second-order valence-electron chi connectivity index (χ2n) is 6.59. The van der Waals surface area contributed by atoms with Crippen molar-refractivity contribution in [2.45, 2.75) is 6.42 Å². The van der Waals surface area contributed by atoms with Crippen LogP contribution in [0.2, 0.25) is 5.02 Å². The summed E-state index contributed by atoms with van der Waals surface area (Å²) in [5.74, 6) is 0.414. The number of hydrogen-bond donors (Lipinski definition) is 4. The maximum absolute atomic E-state index is 11.6. The Balaban J connectivity index is 0.000000286. The van der Waals surface area contributed by atoms with E-state index in [1.54, 1.807) is 18.2 Å². The van der Waals surface area contributed by atoms with Crippen molar-refractivity contribution in [3.05, 3.63) is 77.3 Å². The van der Waals surface area contributed by atoms with Crippen LogP contribution in [0.4, 0.5) is 17.5 Å². The number of aliphatic hydroxyl groups is 1. The van der Waals surface area contributed by atoms with E-state index in [-0.39, 0.29) is 30.2 Å². The largest absolute Gasteiger partial charge is 0.423 e. The fraction of sp³-hybridized carbons (Fsp3) is 0.136. The number of anilines is 3. The van der Waals surface area contributed by atoms with Crippen LogP contribution in [0, 0.1) is 0 Å². The fourth-order valence-electron chi connectivity index (χ4n) is 2.72. The number of amides is 1. The molecule has 33 heavy (non-hydrogen) atoms. The summed E-state index contributed by atoms with van der Waals surface area (Å²) in [6.07, 6.45) is 3.43. The predicted octanol–water partition coefficient (Wildman–Crippen LogP) is 3.09. The van der Waals surface area contributed by atoms with Gasteiger partial charge in [0.1, 0.15) is 5.82 Å². The smallest absolute Gasteiger partial charge is 0.252 e. The Kier molecular flexibility index (Phi) is 8.28. The van der Waals surface area contributed by atoms with Gasteiger partial charge in [-0.3, -0.25) is 4.79 Å². The number of rotatable bonds is 6. The van der Waals surface area contributed by atoms with Crippen LogP contribution >= 0.6 is 11.6 Å². The number of aliphatic hydroxyl groups excluding tert-OH is 1. The van der Waals surface area contributed by atoms with Crippen molar-refractivity contribution >= 4 is 35.0 Å². The lowest BCUT2D eigenvalue weighted by Gasteiger charge is -2.09. The minimum atomic E-state index is -0.268. The zero-order valence-electron chi connectivity index (χ0n) is 17.7. The number of carbonyl (C=O) groups is 1. The second-order valence-corrected chi connectivity index (χ2v) is 7.00. The number of nitrogens with zero attached hydrogens (tertiary/aromatic N) is 4. The molecule has 0 saturated heterocycles. The molecule has 0 bridgehead atoms. The number of aromatic nitrogens is 4. The van der Waals surface area contributed by atoms with E-state index >= 15 is 0 Å². The van der Waals surface area contributed by atoms with E-state index in [9.17, 15) is 4.79 Å². The van der Waals surface area contributed by atoms with Gasteiger partial charge in [-0.25, -0.2) is 4.98 Å². The minimum Gasteiger partial charge on any atom is -0.423 e. The third kappa shape index (κ3) is 6.48. The van der Waals surface area contributed by atoms with Crippen molar-refractivity contribution < 1.29 is 14.3 Å². The van der Waals surface area contributed by atoms with Crippen molar-refractivity contribution in [2.24, 2.45) is 0 Å². The first-order chi connectivity index (χ1) is 16.0. The van der Waals surface area contributed by atoms with Gasteiger partial charge in [-0.15, -0.1) is 10.2 Å². The van der Waals surface area contributed by atoms with Crippen LogP contribution in [0.5, 0.6) is 0 Å². The van der Waals surface area contributed by atoms with Crippen molar-refractivity contribution in [2.75, 3.05) is 24.7 Å². The first kappa shape index (κ1) is 23.6. The molecular weight excluding hydrogens is 446 g/mol. The van der Waals surface area contributed by atoms with E-state index in [1.165, 1.54) is 25.2 Å². The van der Waals surface area contributed by atoms with Crippen molar-refractivity contribution in [3.63, 3.8) is 0 Å². The molecule has 170 valence electrons. The highest BCUT2D eigenvalue weighted by molar-refractivity contribution is 6.34. The molecule has 0 aliphatic carbocycles. The zero-order chi connectivity index (χ0) is 23.6. The van der Waals surface area contributed by atoms with Crippen molar-refractivity contribution in [1.29, 1.82) is 0 Å². The molecular formula is C22H22ClN7O3. The molecule has 4 rings (SSSR count). The number of nitrogens with two attached hydrogens (primary N) is 1. The average molecular weight is 468 g/mol. The lowest BCUT2D eigenvalue weighted by atomic mass is 10.2. The number of hydrogen-bond acceptors (Lipinski definition) is 9. The molecule has 5 N–H and O–H groups in total. The van der Waals surface area contributed by atoms with Crippen LogP contribution in [0.25, 0.3) is 11.5 Å². The molecule has 0 saturated carbocycles. The molecule has 10 nitrogen and oxygen atoms in total. The lowest BCUT2D eigenvalue weighted by molar-refractivity contribution is 0.0963. The first-order valence-corrected chi connectivity index (χ1v) is 10.2. The van der Waals surface area contributed by atoms with Crippen LogP contribution < -0.4 is 16.4 Å². The summed E-state index contributed by atoms with van der Waals surface area (Å²) >= 11 is 6.10. The molecule has 0 unspecified atom stereocenters. The van der Waals surface area contributed by atoms with Gasteiger partial charge >= 0.3 is 0 Å². The van der Waals surface area contributed by atoms with E-state index in [1.807, 2.05) is 30.3 Å². The number of nitrogens with one attached hydrogen (secondary N) is 2. The monoisotopic (exact) mass is 467 g/mol. The molecule has 0 aliphatic rings. The molecule has 0 spiro atoms. The topological polar surface area (TPSA) is 152 Å². The van der Waals surface area contributed by atoms with E-state index in [4.69, 9.17) is 26.9 Å². The SMILES string of the molecule is CNC(=O)c1ccc(Nc2ncc(-c3nnco3)c(N)n2)cc1Cl.OCCc1ccccc1. The summed E-state index contributed by atoms with van der Waals surface area (Å²) < 4.78 is 5.06. The summed E-state index contributed by atoms with van der Waals surface area (Å²) in [4.78, 5) is 19.9. The highest BCUT2D eigenvalue weighted by Gasteiger charge is 2.13. The van der Waals surface area contributed by atoms with Crippen LogP contribution in [0.15, 0.2) is 65.5 Å². The Hall–Kier alpha value is -4.02. The molecule has 2 heterocycles. The molecule has 2 aromatic heterocycles. The van der Waals surface area contributed by atoms with Gasteiger partial charge < -0.3 is 25.9 Å². The maximum atomic E-state index is 11.6. The normalized spacial score (nSPS) is 10.2. The van der Waals surface area contributed by atoms with Gasteiger partial charge in [0.2, 0.25) is 12.3 Å². The van der Waals surface area contributed by atoms with Crippen LogP contribution in [0.3, 0.4) is 0 Å². The van der Waals surface area contributed by atoms with Crippen molar-refractivity contribution in [1.82, 2.24) is 25.5 Å². The Morgan fingerprint density at radius 1 is 1.21 bits per heavy atom. The van der Waals surface area contributed by atoms with E-state index in [2.05, 4.69) is 30.8 Å². The number of benzene rings is 2. The molecule has 2 aromatic carbocycles. The standard InChI is InChI=1S/C14H12ClN7O2.C8H10O/c1-17-12(23)8-3-2-7(4-10(8)15)20-14-18-5-9(11(16)21-14)13-22-19-6-24-13;9-7-6-8-4-2-1-3-5-8/h2-6H,1H3,(H,17,23)(H3,16,18,20,21);1-5,9H,6-7H2. The van der Waals surface area contributed by atoms with Gasteiger partial charge in [0.05, 0.1) is 16.1 Å².